The second kappa shape index (κ2) is 5.59. The molecule has 0 amide bonds. The molecule has 0 aliphatic heterocycles. The Labute approximate surface area is 99.6 Å². The minimum absolute atomic E-state index is 0.272. The predicted molar refractivity (Wildman–Crippen MR) is 63.9 cm³/mol. The number of benzene rings is 1. The molecule has 0 radical (unpaired) electrons. The molecule has 0 bridgehead atoms. The number of hydrogen-bond acceptors (Lipinski definition) is 3. The van der Waals surface area contributed by atoms with Crippen molar-refractivity contribution in [2.45, 2.75) is 19.9 Å². The maximum atomic E-state index is 13.1. The molecular weight excluding hydrogens is 219 g/mol. The van der Waals surface area contributed by atoms with Gasteiger partial charge in [0.2, 0.25) is 0 Å². The maximum Gasteiger partial charge on any atom is 0.171 e. The highest BCUT2D eigenvalue weighted by Gasteiger charge is 2.10. The van der Waals surface area contributed by atoms with E-state index in [0.717, 1.165) is 24.1 Å². The van der Waals surface area contributed by atoms with E-state index in [1.54, 1.807) is 12.3 Å². The van der Waals surface area contributed by atoms with E-state index in [-0.39, 0.29) is 5.82 Å². The molecule has 0 aliphatic rings. The van der Waals surface area contributed by atoms with Crippen molar-refractivity contribution >= 4 is 0 Å². The van der Waals surface area contributed by atoms with Crippen molar-refractivity contribution in [2.24, 2.45) is 0 Å². The van der Waals surface area contributed by atoms with Crippen molar-refractivity contribution in [1.29, 1.82) is 0 Å². The van der Waals surface area contributed by atoms with Crippen molar-refractivity contribution in [1.82, 2.24) is 10.5 Å². The van der Waals surface area contributed by atoms with Crippen LogP contribution in [0.5, 0.6) is 0 Å². The van der Waals surface area contributed by atoms with Gasteiger partial charge in [-0.1, -0.05) is 24.2 Å². The van der Waals surface area contributed by atoms with Crippen LogP contribution in [0.4, 0.5) is 4.39 Å². The summed E-state index contributed by atoms with van der Waals surface area (Å²) < 4.78 is 18.3. The minimum atomic E-state index is -0.272. The summed E-state index contributed by atoms with van der Waals surface area (Å²) in [5, 5.41) is 7.04. The highest BCUT2D eigenvalue weighted by Crippen LogP contribution is 2.23. The topological polar surface area (TPSA) is 38.1 Å². The third-order valence-electron chi connectivity index (χ3n) is 2.47. The maximum absolute atomic E-state index is 13.1. The van der Waals surface area contributed by atoms with E-state index in [4.69, 9.17) is 4.52 Å². The number of halogens is 1. The summed E-state index contributed by atoms with van der Waals surface area (Å²) in [6.07, 6.45) is 2.74. The number of nitrogens with zero attached hydrogens (tertiary/aromatic N) is 1. The standard InChI is InChI=1S/C13H15FN2O/c1-2-6-15-8-11-9-16-17-13(11)10-4-3-5-12(14)7-10/h3-5,7,9,15H,2,6,8H2,1H3. The Morgan fingerprint density at radius 2 is 2.29 bits per heavy atom. The van der Waals surface area contributed by atoms with Crippen LogP contribution >= 0.6 is 0 Å². The first-order valence-electron chi connectivity index (χ1n) is 5.71. The Morgan fingerprint density at radius 1 is 1.41 bits per heavy atom. The van der Waals surface area contributed by atoms with Gasteiger partial charge >= 0.3 is 0 Å². The molecule has 0 unspecified atom stereocenters. The van der Waals surface area contributed by atoms with Crippen LogP contribution in [0.1, 0.15) is 18.9 Å². The monoisotopic (exact) mass is 234 g/mol. The fourth-order valence-electron chi connectivity index (χ4n) is 1.65. The normalized spacial score (nSPS) is 10.7. The highest BCUT2D eigenvalue weighted by molar-refractivity contribution is 5.60. The number of aromatic nitrogens is 1. The van der Waals surface area contributed by atoms with E-state index in [2.05, 4.69) is 17.4 Å². The molecule has 0 aliphatic carbocycles. The molecule has 4 heteroatoms. The lowest BCUT2D eigenvalue weighted by Gasteiger charge is -2.03. The molecule has 0 fully saturated rings. The molecule has 0 saturated heterocycles. The van der Waals surface area contributed by atoms with Gasteiger partial charge in [-0.15, -0.1) is 0 Å². The third-order valence-corrected chi connectivity index (χ3v) is 2.47. The number of nitrogens with one attached hydrogen (secondary N) is 1. The molecule has 90 valence electrons. The van der Waals surface area contributed by atoms with E-state index in [1.165, 1.54) is 12.1 Å². The highest BCUT2D eigenvalue weighted by atomic mass is 19.1. The third kappa shape index (κ3) is 2.91. The van der Waals surface area contributed by atoms with E-state index >= 15 is 0 Å². The molecule has 0 atom stereocenters. The zero-order valence-corrected chi connectivity index (χ0v) is 9.74. The molecule has 1 aromatic carbocycles. The Kier molecular flexibility index (Phi) is 3.88. The van der Waals surface area contributed by atoms with Gasteiger partial charge < -0.3 is 9.84 Å². The second-order valence-corrected chi connectivity index (χ2v) is 3.87. The molecule has 2 rings (SSSR count). The van der Waals surface area contributed by atoms with E-state index < -0.39 is 0 Å². The van der Waals surface area contributed by atoms with Crippen LogP contribution in [0.3, 0.4) is 0 Å². The molecule has 17 heavy (non-hydrogen) atoms. The average Bonchev–Trinajstić information content (AvgIpc) is 2.78. The summed E-state index contributed by atoms with van der Waals surface area (Å²) in [4.78, 5) is 0. The lowest BCUT2D eigenvalue weighted by atomic mass is 10.1. The molecule has 0 spiro atoms. The molecule has 1 heterocycles. The van der Waals surface area contributed by atoms with Gasteiger partial charge in [-0.2, -0.15) is 0 Å². The summed E-state index contributed by atoms with van der Waals surface area (Å²) in [7, 11) is 0. The predicted octanol–water partition coefficient (Wildman–Crippen LogP) is 2.98. The first kappa shape index (κ1) is 11.8. The van der Waals surface area contributed by atoms with Crippen LogP contribution < -0.4 is 5.32 Å². The largest absolute Gasteiger partial charge is 0.356 e. The Hall–Kier alpha value is -1.68. The number of hydrogen-bond donors (Lipinski definition) is 1. The molecule has 1 N–H and O–H groups in total. The van der Waals surface area contributed by atoms with Gasteiger partial charge in [0.15, 0.2) is 5.76 Å². The van der Waals surface area contributed by atoms with Crippen LogP contribution in [0, 0.1) is 5.82 Å². The van der Waals surface area contributed by atoms with E-state index in [1.807, 2.05) is 6.07 Å². The second-order valence-electron chi connectivity index (χ2n) is 3.87. The van der Waals surface area contributed by atoms with Gasteiger partial charge in [-0.05, 0) is 25.1 Å². The van der Waals surface area contributed by atoms with Crippen molar-refractivity contribution < 1.29 is 8.91 Å². The lowest BCUT2D eigenvalue weighted by molar-refractivity contribution is 0.431. The van der Waals surface area contributed by atoms with E-state index in [9.17, 15) is 4.39 Å². The molecule has 3 nitrogen and oxygen atoms in total. The smallest absolute Gasteiger partial charge is 0.171 e. The zero-order chi connectivity index (χ0) is 12.1. The van der Waals surface area contributed by atoms with Gasteiger partial charge in [0.25, 0.3) is 0 Å². The number of rotatable bonds is 5. The summed E-state index contributed by atoms with van der Waals surface area (Å²) in [5.74, 6) is 0.361. The molecule has 2 aromatic rings. The van der Waals surface area contributed by atoms with E-state index in [0.29, 0.717) is 12.3 Å². The fraction of sp³-hybridized carbons (Fsp3) is 0.308. The summed E-state index contributed by atoms with van der Waals surface area (Å²) in [6.45, 7) is 3.73. The Balaban J connectivity index is 2.18. The van der Waals surface area contributed by atoms with Gasteiger partial charge in [0.05, 0.1) is 6.20 Å². The minimum Gasteiger partial charge on any atom is -0.356 e. The lowest BCUT2D eigenvalue weighted by Crippen LogP contribution is -2.13. The van der Waals surface area contributed by atoms with Crippen LogP contribution in [0.15, 0.2) is 35.0 Å². The fourth-order valence-corrected chi connectivity index (χ4v) is 1.65. The summed E-state index contributed by atoms with van der Waals surface area (Å²) in [6, 6.07) is 6.34. The average molecular weight is 234 g/mol. The molecular formula is C13H15FN2O. The van der Waals surface area contributed by atoms with Gasteiger partial charge in [-0.3, -0.25) is 0 Å². The molecule has 0 saturated carbocycles. The first-order chi connectivity index (χ1) is 8.31. The van der Waals surface area contributed by atoms with Crippen LogP contribution in [0.2, 0.25) is 0 Å². The van der Waals surface area contributed by atoms with Crippen molar-refractivity contribution in [3.8, 4) is 11.3 Å². The summed E-state index contributed by atoms with van der Waals surface area (Å²) in [5.41, 5.74) is 1.67. The first-order valence-corrected chi connectivity index (χ1v) is 5.71. The van der Waals surface area contributed by atoms with Gasteiger partial charge in [0, 0.05) is 17.7 Å². The summed E-state index contributed by atoms with van der Waals surface area (Å²) >= 11 is 0. The quantitative estimate of drug-likeness (QED) is 0.808. The SMILES string of the molecule is CCCNCc1cnoc1-c1cccc(F)c1. The van der Waals surface area contributed by atoms with Crippen molar-refractivity contribution in [3.63, 3.8) is 0 Å². The van der Waals surface area contributed by atoms with Gasteiger partial charge in [0.1, 0.15) is 5.82 Å². The van der Waals surface area contributed by atoms with Crippen LogP contribution in [0.25, 0.3) is 11.3 Å². The van der Waals surface area contributed by atoms with Crippen molar-refractivity contribution in [2.75, 3.05) is 6.54 Å². The zero-order valence-electron chi connectivity index (χ0n) is 9.74. The van der Waals surface area contributed by atoms with Gasteiger partial charge in [-0.25, -0.2) is 4.39 Å². The van der Waals surface area contributed by atoms with Crippen LogP contribution in [-0.4, -0.2) is 11.7 Å². The Morgan fingerprint density at radius 3 is 3.06 bits per heavy atom. The van der Waals surface area contributed by atoms with Crippen LogP contribution in [-0.2, 0) is 6.54 Å². The molecule has 1 aromatic heterocycles. The Bertz CT molecular complexity index is 482. The van der Waals surface area contributed by atoms with Crippen molar-refractivity contribution in [3.05, 3.63) is 41.8 Å².